The Morgan fingerprint density at radius 3 is 2.53 bits per heavy atom. The Morgan fingerprint density at radius 1 is 1.21 bits per heavy atom. The fraction of sp³-hybridized carbons (Fsp3) is 0.0909. The highest BCUT2D eigenvalue weighted by atomic mass is 35.5. The van der Waals surface area contributed by atoms with Crippen molar-refractivity contribution in [2.24, 2.45) is 0 Å². The van der Waals surface area contributed by atoms with Gasteiger partial charge in [0.1, 0.15) is 5.69 Å². The van der Waals surface area contributed by atoms with Gasteiger partial charge in [0.15, 0.2) is 0 Å². The minimum absolute atomic E-state index is 0.0374. The number of H-pyrrole nitrogens is 1. The summed E-state index contributed by atoms with van der Waals surface area (Å²) in [5, 5.41) is 0.199. The molecule has 8 heteroatoms. The third kappa shape index (κ3) is 2.90. The molecule has 0 aliphatic carbocycles. The average Bonchev–Trinajstić information content (AvgIpc) is 2.31. The van der Waals surface area contributed by atoms with Gasteiger partial charge in [-0.2, -0.15) is 18.2 Å². The minimum atomic E-state index is -4.68. The molecule has 100 valence electrons. The second-order valence-electron chi connectivity index (χ2n) is 3.58. The van der Waals surface area contributed by atoms with Crippen molar-refractivity contribution >= 4 is 23.2 Å². The number of nitrogens with one attached hydrogen (secondary N) is 1. The number of rotatable bonds is 1. The molecule has 0 saturated heterocycles. The first-order valence-electron chi connectivity index (χ1n) is 4.92. The van der Waals surface area contributed by atoms with E-state index in [9.17, 15) is 18.0 Å². The van der Waals surface area contributed by atoms with Crippen LogP contribution in [0.3, 0.4) is 0 Å². The first kappa shape index (κ1) is 13.9. The molecule has 0 unspecified atom stereocenters. The number of hydrogen-bond acceptors (Lipinski definition) is 2. The number of nitrogens with zero attached hydrogens (tertiary/aromatic N) is 1. The topological polar surface area (TPSA) is 45.8 Å². The lowest BCUT2D eigenvalue weighted by atomic mass is 10.1. The fourth-order valence-electron chi connectivity index (χ4n) is 1.45. The Hall–Kier alpha value is -1.53. The molecule has 1 aromatic carbocycles. The Morgan fingerprint density at radius 2 is 1.89 bits per heavy atom. The summed E-state index contributed by atoms with van der Waals surface area (Å²) in [5.41, 5.74) is -2.34. The van der Waals surface area contributed by atoms with Crippen molar-refractivity contribution in [3.63, 3.8) is 0 Å². The van der Waals surface area contributed by atoms with Gasteiger partial charge in [-0.15, -0.1) is 0 Å². The van der Waals surface area contributed by atoms with Crippen molar-refractivity contribution in [2.45, 2.75) is 6.18 Å². The molecule has 0 aliphatic heterocycles. The molecule has 1 heterocycles. The number of benzene rings is 1. The molecule has 0 spiro atoms. The Kier molecular flexibility index (Phi) is 3.56. The van der Waals surface area contributed by atoms with Crippen molar-refractivity contribution in [2.75, 3.05) is 0 Å². The summed E-state index contributed by atoms with van der Waals surface area (Å²) < 4.78 is 37.8. The van der Waals surface area contributed by atoms with Gasteiger partial charge in [0.05, 0.1) is 15.7 Å². The van der Waals surface area contributed by atoms with Crippen LogP contribution in [0.2, 0.25) is 10.0 Å². The minimum Gasteiger partial charge on any atom is -0.302 e. The zero-order valence-electron chi connectivity index (χ0n) is 9.05. The summed E-state index contributed by atoms with van der Waals surface area (Å²) >= 11 is 11.6. The molecule has 2 rings (SSSR count). The lowest BCUT2D eigenvalue weighted by Crippen LogP contribution is -2.19. The van der Waals surface area contributed by atoms with Crippen LogP contribution >= 0.6 is 23.2 Å². The fourth-order valence-corrected chi connectivity index (χ4v) is 1.85. The van der Waals surface area contributed by atoms with E-state index < -0.39 is 17.6 Å². The van der Waals surface area contributed by atoms with Crippen LogP contribution in [0.5, 0.6) is 0 Å². The predicted octanol–water partition coefficient (Wildman–Crippen LogP) is 3.76. The summed E-state index contributed by atoms with van der Waals surface area (Å²) in [6.07, 6.45) is -4.68. The van der Waals surface area contributed by atoms with E-state index in [1.165, 1.54) is 18.2 Å². The zero-order chi connectivity index (χ0) is 14.2. The van der Waals surface area contributed by atoms with E-state index in [0.29, 0.717) is 6.07 Å². The van der Waals surface area contributed by atoms with Gasteiger partial charge in [0.25, 0.3) is 0 Å². The van der Waals surface area contributed by atoms with E-state index in [1.54, 1.807) is 4.98 Å². The molecule has 0 atom stereocenters. The van der Waals surface area contributed by atoms with E-state index >= 15 is 0 Å². The van der Waals surface area contributed by atoms with Crippen LogP contribution in [0.1, 0.15) is 5.69 Å². The lowest BCUT2D eigenvalue weighted by molar-refractivity contribution is -0.141. The van der Waals surface area contributed by atoms with E-state index in [2.05, 4.69) is 4.98 Å². The van der Waals surface area contributed by atoms with Crippen LogP contribution in [0.25, 0.3) is 11.3 Å². The van der Waals surface area contributed by atoms with Gasteiger partial charge >= 0.3 is 11.9 Å². The smallest absolute Gasteiger partial charge is 0.302 e. The van der Waals surface area contributed by atoms with Crippen molar-refractivity contribution in [3.8, 4) is 11.3 Å². The van der Waals surface area contributed by atoms with Gasteiger partial charge in [-0.05, 0) is 12.1 Å². The van der Waals surface area contributed by atoms with Gasteiger partial charge in [-0.3, -0.25) is 0 Å². The highest BCUT2D eigenvalue weighted by molar-refractivity contribution is 6.43. The van der Waals surface area contributed by atoms with Gasteiger partial charge in [-0.1, -0.05) is 35.3 Å². The molecule has 0 saturated carbocycles. The highest BCUT2D eigenvalue weighted by Gasteiger charge is 2.32. The summed E-state index contributed by atoms with van der Waals surface area (Å²) in [4.78, 5) is 16.3. The van der Waals surface area contributed by atoms with Crippen LogP contribution < -0.4 is 5.69 Å². The Bertz CT molecular complexity index is 682. The summed E-state index contributed by atoms with van der Waals surface area (Å²) in [5.74, 6) is 0. The summed E-state index contributed by atoms with van der Waals surface area (Å²) in [7, 11) is 0. The molecule has 2 aromatic rings. The molecule has 0 radical (unpaired) electrons. The van der Waals surface area contributed by atoms with Crippen LogP contribution in [0.4, 0.5) is 13.2 Å². The van der Waals surface area contributed by atoms with Gasteiger partial charge in [-0.25, -0.2) is 4.79 Å². The van der Waals surface area contributed by atoms with Gasteiger partial charge in [0.2, 0.25) is 0 Å². The van der Waals surface area contributed by atoms with Crippen LogP contribution in [0, 0.1) is 0 Å². The summed E-state index contributed by atoms with van der Waals surface area (Å²) in [6, 6.07) is 5.11. The first-order chi connectivity index (χ1) is 8.79. The standard InChI is InChI=1S/C11H5Cl2F3N2O/c12-6-3-1-2-5(9(6)13)7-4-8(11(14,15)16)18-10(19)17-7/h1-4H,(H,17,18,19). The van der Waals surface area contributed by atoms with Crippen LogP contribution in [-0.2, 0) is 6.18 Å². The molecule has 1 N–H and O–H groups in total. The number of aromatic amines is 1. The van der Waals surface area contributed by atoms with Crippen molar-refractivity contribution in [1.29, 1.82) is 0 Å². The maximum Gasteiger partial charge on any atom is 0.431 e. The Balaban J connectivity index is 2.67. The van der Waals surface area contributed by atoms with Crippen molar-refractivity contribution in [3.05, 3.63) is 50.5 Å². The molecule has 19 heavy (non-hydrogen) atoms. The quantitative estimate of drug-likeness (QED) is 0.871. The molecule has 0 bridgehead atoms. The molecule has 1 aromatic heterocycles. The van der Waals surface area contributed by atoms with E-state index in [4.69, 9.17) is 23.2 Å². The highest BCUT2D eigenvalue weighted by Crippen LogP contribution is 2.34. The van der Waals surface area contributed by atoms with E-state index in [0.717, 1.165) is 0 Å². The van der Waals surface area contributed by atoms with Crippen molar-refractivity contribution < 1.29 is 13.2 Å². The second-order valence-corrected chi connectivity index (χ2v) is 4.37. The Labute approximate surface area is 115 Å². The van der Waals surface area contributed by atoms with Gasteiger partial charge in [0, 0.05) is 5.56 Å². The normalized spacial score (nSPS) is 11.6. The number of hydrogen-bond donors (Lipinski definition) is 1. The van der Waals surface area contributed by atoms with Gasteiger partial charge < -0.3 is 4.98 Å². The zero-order valence-corrected chi connectivity index (χ0v) is 10.6. The molecule has 0 aliphatic rings. The number of alkyl halides is 3. The molecule has 0 amide bonds. The third-order valence-electron chi connectivity index (χ3n) is 2.28. The molecular weight excluding hydrogens is 304 g/mol. The summed E-state index contributed by atoms with van der Waals surface area (Å²) in [6.45, 7) is 0. The molecular formula is C11H5Cl2F3N2O. The van der Waals surface area contributed by atoms with Crippen LogP contribution in [-0.4, -0.2) is 9.97 Å². The first-order valence-corrected chi connectivity index (χ1v) is 5.67. The number of aromatic nitrogens is 2. The average molecular weight is 309 g/mol. The maximum absolute atomic E-state index is 12.6. The van der Waals surface area contributed by atoms with Crippen LogP contribution in [0.15, 0.2) is 29.1 Å². The van der Waals surface area contributed by atoms with E-state index in [1.807, 2.05) is 0 Å². The predicted molar refractivity (Wildman–Crippen MR) is 65.3 cm³/mol. The monoisotopic (exact) mass is 308 g/mol. The molecule has 3 nitrogen and oxygen atoms in total. The van der Waals surface area contributed by atoms with E-state index in [-0.39, 0.29) is 21.3 Å². The van der Waals surface area contributed by atoms with Crippen molar-refractivity contribution in [1.82, 2.24) is 9.97 Å². The maximum atomic E-state index is 12.6. The third-order valence-corrected chi connectivity index (χ3v) is 3.10. The second kappa shape index (κ2) is 4.86. The largest absolute Gasteiger partial charge is 0.431 e. The number of halogens is 5. The SMILES string of the molecule is O=c1nc(-c2cccc(Cl)c2Cl)cc(C(F)(F)F)[nH]1. The molecule has 0 fully saturated rings. The lowest BCUT2D eigenvalue weighted by Gasteiger charge is -2.09.